The number of rotatable bonds is 9. The predicted octanol–water partition coefficient (Wildman–Crippen LogP) is 1.81. The van der Waals surface area contributed by atoms with Crippen LogP contribution in [0.3, 0.4) is 0 Å². The Morgan fingerprint density at radius 2 is 1.78 bits per heavy atom. The van der Waals surface area contributed by atoms with E-state index in [0.29, 0.717) is 13.2 Å². The lowest BCUT2D eigenvalue weighted by Gasteiger charge is -2.26. The molecular formula is C14H31NO3. The summed E-state index contributed by atoms with van der Waals surface area (Å²) in [5.41, 5.74) is -0.0146. The van der Waals surface area contributed by atoms with Crippen molar-refractivity contribution in [2.45, 2.75) is 52.7 Å². The van der Waals surface area contributed by atoms with Gasteiger partial charge in [0.05, 0.1) is 18.3 Å². The second-order valence-electron chi connectivity index (χ2n) is 6.62. The summed E-state index contributed by atoms with van der Waals surface area (Å²) in [6, 6.07) is 0. The van der Waals surface area contributed by atoms with Crippen molar-refractivity contribution < 1.29 is 14.6 Å². The SMILES string of the molecule is COCCC(C)(C)CNCC(O)COC(C)(C)C. The van der Waals surface area contributed by atoms with Gasteiger partial charge in [0.1, 0.15) is 0 Å². The van der Waals surface area contributed by atoms with E-state index in [1.807, 2.05) is 20.8 Å². The van der Waals surface area contributed by atoms with Gasteiger partial charge in [-0.05, 0) is 32.6 Å². The lowest BCUT2D eigenvalue weighted by molar-refractivity contribution is -0.0482. The minimum Gasteiger partial charge on any atom is -0.389 e. The molecule has 18 heavy (non-hydrogen) atoms. The van der Waals surface area contributed by atoms with Crippen LogP contribution in [0, 0.1) is 5.41 Å². The van der Waals surface area contributed by atoms with Gasteiger partial charge in [0.15, 0.2) is 0 Å². The number of aliphatic hydroxyl groups excluding tert-OH is 1. The lowest BCUT2D eigenvalue weighted by atomic mass is 9.90. The highest BCUT2D eigenvalue weighted by molar-refractivity contribution is 4.73. The normalized spacial score (nSPS) is 14.8. The van der Waals surface area contributed by atoms with Crippen molar-refractivity contribution >= 4 is 0 Å². The third-order valence-electron chi connectivity index (χ3n) is 2.68. The van der Waals surface area contributed by atoms with E-state index < -0.39 is 6.10 Å². The molecule has 0 aromatic rings. The van der Waals surface area contributed by atoms with Crippen molar-refractivity contribution in [3.05, 3.63) is 0 Å². The second-order valence-corrected chi connectivity index (χ2v) is 6.62. The summed E-state index contributed by atoms with van der Waals surface area (Å²) in [7, 11) is 1.72. The van der Waals surface area contributed by atoms with Crippen molar-refractivity contribution in [1.82, 2.24) is 5.32 Å². The van der Waals surface area contributed by atoms with Crippen LogP contribution in [0.5, 0.6) is 0 Å². The third-order valence-corrected chi connectivity index (χ3v) is 2.68. The average molecular weight is 261 g/mol. The summed E-state index contributed by atoms with van der Waals surface area (Å²) in [5, 5.41) is 13.1. The molecular weight excluding hydrogens is 230 g/mol. The molecule has 110 valence electrons. The van der Waals surface area contributed by atoms with Gasteiger partial charge in [-0.2, -0.15) is 0 Å². The molecule has 1 unspecified atom stereocenters. The maximum absolute atomic E-state index is 9.77. The maximum Gasteiger partial charge on any atom is 0.0897 e. The Labute approximate surface area is 112 Å². The van der Waals surface area contributed by atoms with Gasteiger partial charge in [-0.15, -0.1) is 0 Å². The van der Waals surface area contributed by atoms with Crippen molar-refractivity contribution in [3.8, 4) is 0 Å². The number of ether oxygens (including phenoxy) is 2. The molecule has 0 rings (SSSR count). The first-order chi connectivity index (χ1) is 8.16. The summed E-state index contributed by atoms with van der Waals surface area (Å²) < 4.78 is 10.6. The number of aliphatic hydroxyl groups is 1. The van der Waals surface area contributed by atoms with Gasteiger partial charge in [0, 0.05) is 26.8 Å². The van der Waals surface area contributed by atoms with Gasteiger partial charge in [0.2, 0.25) is 0 Å². The van der Waals surface area contributed by atoms with Crippen LogP contribution in [-0.2, 0) is 9.47 Å². The average Bonchev–Trinajstić information content (AvgIpc) is 2.22. The summed E-state index contributed by atoms with van der Waals surface area (Å²) in [4.78, 5) is 0. The zero-order valence-corrected chi connectivity index (χ0v) is 12.9. The molecule has 0 saturated heterocycles. The zero-order chi connectivity index (χ0) is 14.2. The first-order valence-electron chi connectivity index (χ1n) is 6.68. The highest BCUT2D eigenvalue weighted by Crippen LogP contribution is 2.18. The van der Waals surface area contributed by atoms with E-state index in [1.54, 1.807) is 7.11 Å². The van der Waals surface area contributed by atoms with Crippen LogP contribution >= 0.6 is 0 Å². The van der Waals surface area contributed by atoms with E-state index in [0.717, 1.165) is 19.6 Å². The zero-order valence-electron chi connectivity index (χ0n) is 12.9. The molecule has 0 saturated carbocycles. The standard InChI is InChI=1S/C14H31NO3/c1-13(2,3)18-10-12(16)9-15-11-14(4,5)7-8-17-6/h12,15-16H,7-11H2,1-6H3. The number of hydrogen-bond donors (Lipinski definition) is 2. The Bertz CT molecular complexity index is 212. The molecule has 0 aromatic carbocycles. The fourth-order valence-electron chi connectivity index (χ4n) is 1.45. The minimum atomic E-state index is -0.456. The molecule has 0 fully saturated rings. The Hall–Kier alpha value is -0.160. The number of hydrogen-bond acceptors (Lipinski definition) is 4. The molecule has 0 radical (unpaired) electrons. The fraction of sp³-hybridized carbons (Fsp3) is 1.00. The molecule has 0 aliphatic rings. The van der Waals surface area contributed by atoms with Crippen molar-refractivity contribution in [2.24, 2.45) is 5.41 Å². The first-order valence-corrected chi connectivity index (χ1v) is 6.68. The first kappa shape index (κ1) is 17.8. The van der Waals surface area contributed by atoms with E-state index in [1.165, 1.54) is 0 Å². The van der Waals surface area contributed by atoms with Crippen LogP contribution in [0.2, 0.25) is 0 Å². The molecule has 4 nitrogen and oxygen atoms in total. The van der Waals surface area contributed by atoms with Gasteiger partial charge in [-0.1, -0.05) is 13.8 Å². The molecule has 4 heteroatoms. The Balaban J connectivity index is 3.70. The molecule has 0 aliphatic heterocycles. The van der Waals surface area contributed by atoms with Crippen LogP contribution in [0.15, 0.2) is 0 Å². The quantitative estimate of drug-likeness (QED) is 0.665. The van der Waals surface area contributed by atoms with Gasteiger partial charge in [0.25, 0.3) is 0 Å². The van der Waals surface area contributed by atoms with E-state index in [4.69, 9.17) is 9.47 Å². The van der Waals surface area contributed by atoms with Crippen molar-refractivity contribution in [1.29, 1.82) is 0 Å². The van der Waals surface area contributed by atoms with Crippen LogP contribution < -0.4 is 5.32 Å². The van der Waals surface area contributed by atoms with Gasteiger partial charge in [-0.3, -0.25) is 0 Å². The molecule has 2 N–H and O–H groups in total. The highest BCUT2D eigenvalue weighted by atomic mass is 16.5. The molecule has 0 heterocycles. The Kier molecular flexibility index (Phi) is 8.03. The van der Waals surface area contributed by atoms with Crippen LogP contribution in [0.25, 0.3) is 0 Å². The van der Waals surface area contributed by atoms with Crippen LogP contribution in [0.1, 0.15) is 41.0 Å². The van der Waals surface area contributed by atoms with Crippen molar-refractivity contribution in [3.63, 3.8) is 0 Å². The monoisotopic (exact) mass is 261 g/mol. The second kappa shape index (κ2) is 8.10. The van der Waals surface area contributed by atoms with Gasteiger partial charge < -0.3 is 19.9 Å². The van der Waals surface area contributed by atoms with Crippen LogP contribution in [0.4, 0.5) is 0 Å². The fourth-order valence-corrected chi connectivity index (χ4v) is 1.45. The summed E-state index contributed by atoms with van der Waals surface area (Å²) >= 11 is 0. The summed E-state index contributed by atoms with van der Waals surface area (Å²) in [5.74, 6) is 0. The third kappa shape index (κ3) is 11.0. The molecule has 0 amide bonds. The molecule has 0 bridgehead atoms. The van der Waals surface area contributed by atoms with E-state index in [9.17, 15) is 5.11 Å². The maximum atomic E-state index is 9.77. The Morgan fingerprint density at radius 1 is 1.17 bits per heavy atom. The van der Waals surface area contributed by atoms with Gasteiger partial charge in [-0.25, -0.2) is 0 Å². The Morgan fingerprint density at radius 3 is 2.28 bits per heavy atom. The summed E-state index contributed by atoms with van der Waals surface area (Å²) in [6.45, 7) is 12.9. The van der Waals surface area contributed by atoms with Gasteiger partial charge >= 0.3 is 0 Å². The lowest BCUT2D eigenvalue weighted by Crippen LogP contribution is -2.38. The molecule has 0 aliphatic carbocycles. The topological polar surface area (TPSA) is 50.7 Å². The number of nitrogens with one attached hydrogen (secondary N) is 1. The summed E-state index contributed by atoms with van der Waals surface area (Å²) in [6.07, 6.45) is 0.549. The van der Waals surface area contributed by atoms with E-state index >= 15 is 0 Å². The van der Waals surface area contributed by atoms with E-state index in [-0.39, 0.29) is 11.0 Å². The van der Waals surface area contributed by atoms with E-state index in [2.05, 4.69) is 19.2 Å². The largest absolute Gasteiger partial charge is 0.389 e. The number of methoxy groups -OCH3 is 1. The predicted molar refractivity (Wildman–Crippen MR) is 74.9 cm³/mol. The minimum absolute atomic E-state index is 0.181. The molecule has 0 spiro atoms. The molecule has 1 atom stereocenters. The highest BCUT2D eigenvalue weighted by Gasteiger charge is 2.18. The smallest absolute Gasteiger partial charge is 0.0897 e. The van der Waals surface area contributed by atoms with Crippen LogP contribution in [-0.4, -0.2) is 50.2 Å². The molecule has 0 aromatic heterocycles. The van der Waals surface area contributed by atoms with Crippen molar-refractivity contribution in [2.75, 3.05) is 33.4 Å².